The lowest BCUT2D eigenvalue weighted by molar-refractivity contribution is -0.118. The number of carbonyl (C=O) groups excluding carboxylic acids is 1. The minimum atomic E-state index is -0.920. The van der Waals surface area contributed by atoms with Crippen molar-refractivity contribution in [3.63, 3.8) is 0 Å². The number of phenols is 1. The summed E-state index contributed by atoms with van der Waals surface area (Å²) in [5.41, 5.74) is 1.68. The highest BCUT2D eigenvalue weighted by Crippen LogP contribution is 2.39. The molecular weight excluding hydrogens is 375 g/mol. The van der Waals surface area contributed by atoms with E-state index in [0.717, 1.165) is 37.7 Å². The molecule has 6 nitrogen and oxygen atoms in total. The van der Waals surface area contributed by atoms with Crippen LogP contribution < -0.4 is 15.4 Å². The minimum Gasteiger partial charge on any atom is -0.508 e. The van der Waals surface area contributed by atoms with Gasteiger partial charge < -0.3 is 25.6 Å². The van der Waals surface area contributed by atoms with Gasteiger partial charge in [-0.3, -0.25) is 4.79 Å². The van der Waals surface area contributed by atoms with Crippen molar-refractivity contribution in [1.29, 1.82) is 0 Å². The van der Waals surface area contributed by atoms with Crippen LogP contribution in [0.5, 0.6) is 11.5 Å². The average molecular weight is 400 g/mol. The number of β-amino-alcohol motifs (C(OH)–C–C–N with tert-alkyl or cyclic N) is 1. The lowest BCUT2D eigenvalue weighted by atomic mass is 9.88. The summed E-state index contributed by atoms with van der Waals surface area (Å²) in [6.45, 7) is 0.147. The van der Waals surface area contributed by atoms with Gasteiger partial charge in [0, 0.05) is 23.7 Å². The zero-order valence-electron chi connectivity index (χ0n) is 16.1. The molecule has 0 radical (unpaired) electrons. The van der Waals surface area contributed by atoms with Crippen molar-refractivity contribution in [2.75, 3.05) is 18.5 Å². The molecule has 2 aliphatic rings. The number of aliphatic hydroxyl groups excluding tert-OH is 1. The quantitative estimate of drug-likeness (QED) is 0.598. The van der Waals surface area contributed by atoms with E-state index in [1.165, 1.54) is 24.3 Å². The van der Waals surface area contributed by atoms with Gasteiger partial charge in [0.15, 0.2) is 6.61 Å². The number of aromatic hydroxyl groups is 1. The fourth-order valence-electron chi connectivity index (χ4n) is 4.34. The predicted octanol–water partition coefficient (Wildman–Crippen LogP) is 3.04. The van der Waals surface area contributed by atoms with E-state index in [1.807, 2.05) is 0 Å². The first-order valence-electron chi connectivity index (χ1n) is 9.91. The number of phenolic OH excluding ortho intramolecular Hbond substituents is 1. The first-order valence-corrected chi connectivity index (χ1v) is 9.91. The third-order valence-electron chi connectivity index (χ3n) is 5.77. The van der Waals surface area contributed by atoms with Crippen molar-refractivity contribution >= 4 is 11.6 Å². The Kier molecular flexibility index (Phi) is 5.43. The Bertz CT molecular complexity index is 894. The van der Waals surface area contributed by atoms with Gasteiger partial charge in [0.25, 0.3) is 5.91 Å². The molecule has 1 heterocycles. The number of ether oxygens (including phenoxy) is 1. The van der Waals surface area contributed by atoms with E-state index in [2.05, 4.69) is 10.6 Å². The number of nitrogens with one attached hydrogen (secondary N) is 2. The van der Waals surface area contributed by atoms with Crippen LogP contribution >= 0.6 is 0 Å². The minimum absolute atomic E-state index is 0.0505. The molecule has 154 valence electrons. The van der Waals surface area contributed by atoms with Crippen molar-refractivity contribution in [3.8, 4) is 11.5 Å². The van der Waals surface area contributed by atoms with Crippen LogP contribution in [0.1, 0.15) is 42.9 Å². The molecule has 4 rings (SSSR count). The molecule has 0 spiro atoms. The zero-order chi connectivity index (χ0) is 20.4. The second-order valence-electron chi connectivity index (χ2n) is 7.94. The molecular formula is C22H25FN2O4. The van der Waals surface area contributed by atoms with Gasteiger partial charge in [-0.2, -0.15) is 0 Å². The van der Waals surface area contributed by atoms with Gasteiger partial charge in [-0.25, -0.2) is 4.39 Å². The highest BCUT2D eigenvalue weighted by atomic mass is 19.1. The van der Waals surface area contributed by atoms with E-state index >= 15 is 0 Å². The Morgan fingerprint density at radius 2 is 1.93 bits per heavy atom. The van der Waals surface area contributed by atoms with Gasteiger partial charge in [0.05, 0.1) is 11.8 Å². The van der Waals surface area contributed by atoms with Crippen LogP contribution in [-0.4, -0.2) is 34.8 Å². The Balaban J connectivity index is 1.50. The van der Waals surface area contributed by atoms with Crippen LogP contribution in [-0.2, 0) is 11.2 Å². The third-order valence-corrected chi connectivity index (χ3v) is 5.77. The van der Waals surface area contributed by atoms with Gasteiger partial charge in [-0.05, 0) is 43.0 Å². The van der Waals surface area contributed by atoms with E-state index in [4.69, 9.17) is 4.74 Å². The van der Waals surface area contributed by atoms with Crippen LogP contribution in [0.3, 0.4) is 0 Å². The molecule has 29 heavy (non-hydrogen) atoms. The van der Waals surface area contributed by atoms with Crippen molar-refractivity contribution in [2.45, 2.75) is 43.7 Å². The fourth-order valence-corrected chi connectivity index (χ4v) is 4.34. The Morgan fingerprint density at radius 1 is 1.21 bits per heavy atom. The number of aliphatic hydroxyl groups is 1. The van der Waals surface area contributed by atoms with E-state index in [1.54, 1.807) is 12.1 Å². The molecule has 2 aromatic carbocycles. The van der Waals surface area contributed by atoms with E-state index in [0.29, 0.717) is 17.0 Å². The molecule has 2 aromatic rings. The van der Waals surface area contributed by atoms with Gasteiger partial charge in [-0.15, -0.1) is 0 Å². The van der Waals surface area contributed by atoms with Gasteiger partial charge in [0.2, 0.25) is 0 Å². The number of anilines is 1. The van der Waals surface area contributed by atoms with Crippen LogP contribution in [0.25, 0.3) is 0 Å². The number of benzene rings is 2. The first kappa shape index (κ1) is 19.7. The second kappa shape index (κ2) is 8.00. The SMILES string of the molecule is O=C1COc2c(cc(O)cc2C(O)CNC2(Cc3ccc(F)cc3)CCCC2)N1. The summed E-state index contributed by atoms with van der Waals surface area (Å²) in [5.74, 6) is -0.217. The summed E-state index contributed by atoms with van der Waals surface area (Å²) in [5, 5.41) is 27.0. The summed E-state index contributed by atoms with van der Waals surface area (Å²) in [6.07, 6.45) is 3.98. The molecule has 1 aliphatic heterocycles. The monoisotopic (exact) mass is 400 g/mol. The molecule has 7 heteroatoms. The highest BCUT2D eigenvalue weighted by molar-refractivity contribution is 5.96. The molecule has 1 aliphatic carbocycles. The smallest absolute Gasteiger partial charge is 0.262 e. The lowest BCUT2D eigenvalue weighted by Gasteiger charge is -2.32. The van der Waals surface area contributed by atoms with E-state index < -0.39 is 6.10 Å². The summed E-state index contributed by atoms with van der Waals surface area (Å²) in [6, 6.07) is 9.41. The number of hydrogen-bond acceptors (Lipinski definition) is 5. The topological polar surface area (TPSA) is 90.8 Å². The standard InChI is InChI=1S/C22H25FN2O4/c23-15-5-3-14(4-6-15)11-22(7-1-2-8-22)24-12-19(27)17-9-16(26)10-18-21(17)29-13-20(28)25-18/h3-6,9-10,19,24,26-27H,1-2,7-8,11-13H2,(H,25,28). The first-order chi connectivity index (χ1) is 13.9. The lowest BCUT2D eigenvalue weighted by Crippen LogP contribution is -2.46. The predicted molar refractivity (Wildman–Crippen MR) is 106 cm³/mol. The number of carbonyl (C=O) groups is 1. The number of fused-ring (bicyclic) bond motifs is 1. The molecule has 0 bridgehead atoms. The number of amides is 1. The Morgan fingerprint density at radius 3 is 2.66 bits per heavy atom. The molecule has 4 N–H and O–H groups in total. The van der Waals surface area contributed by atoms with Crippen LogP contribution in [0.15, 0.2) is 36.4 Å². The molecule has 1 unspecified atom stereocenters. The highest BCUT2D eigenvalue weighted by Gasteiger charge is 2.34. The van der Waals surface area contributed by atoms with Crippen molar-refractivity contribution in [1.82, 2.24) is 5.32 Å². The summed E-state index contributed by atoms with van der Waals surface area (Å²) in [7, 11) is 0. The van der Waals surface area contributed by atoms with Crippen LogP contribution in [0.2, 0.25) is 0 Å². The third kappa shape index (κ3) is 4.36. The summed E-state index contributed by atoms with van der Waals surface area (Å²) >= 11 is 0. The molecule has 1 atom stereocenters. The number of rotatable bonds is 6. The fraction of sp³-hybridized carbons (Fsp3) is 0.409. The van der Waals surface area contributed by atoms with Crippen molar-refractivity contribution < 1.29 is 24.1 Å². The largest absolute Gasteiger partial charge is 0.508 e. The van der Waals surface area contributed by atoms with E-state index in [9.17, 15) is 19.4 Å². The molecule has 1 fully saturated rings. The van der Waals surface area contributed by atoms with Crippen molar-refractivity contribution in [3.05, 3.63) is 53.3 Å². The molecule has 1 saturated carbocycles. The maximum absolute atomic E-state index is 13.2. The van der Waals surface area contributed by atoms with Crippen molar-refractivity contribution in [2.24, 2.45) is 0 Å². The number of halogens is 1. The second-order valence-corrected chi connectivity index (χ2v) is 7.94. The Labute approximate surface area is 168 Å². The molecule has 0 aromatic heterocycles. The van der Waals surface area contributed by atoms with Gasteiger partial charge in [-0.1, -0.05) is 25.0 Å². The summed E-state index contributed by atoms with van der Waals surface area (Å²) in [4.78, 5) is 11.5. The van der Waals surface area contributed by atoms with Gasteiger partial charge in [0.1, 0.15) is 17.3 Å². The molecule has 1 amide bonds. The average Bonchev–Trinajstić information content (AvgIpc) is 3.15. The zero-order valence-corrected chi connectivity index (χ0v) is 16.1. The van der Waals surface area contributed by atoms with Crippen LogP contribution in [0.4, 0.5) is 10.1 Å². The summed E-state index contributed by atoms with van der Waals surface area (Å²) < 4.78 is 18.7. The Hall–Kier alpha value is -2.64. The maximum Gasteiger partial charge on any atom is 0.262 e. The van der Waals surface area contributed by atoms with E-state index in [-0.39, 0.29) is 36.2 Å². The normalized spacial score (nSPS) is 18.6. The number of hydrogen-bond donors (Lipinski definition) is 4. The van der Waals surface area contributed by atoms with Crippen LogP contribution in [0, 0.1) is 5.82 Å². The van der Waals surface area contributed by atoms with Gasteiger partial charge >= 0.3 is 0 Å². The maximum atomic E-state index is 13.2. The molecule has 0 saturated heterocycles.